The van der Waals surface area contributed by atoms with E-state index in [1.165, 1.54) is 18.7 Å². The van der Waals surface area contributed by atoms with Crippen molar-refractivity contribution in [2.75, 3.05) is 12.9 Å². The fourth-order valence-electron chi connectivity index (χ4n) is 1.57. The van der Waals surface area contributed by atoms with Crippen LogP contribution >= 0.6 is 23.4 Å². The molecule has 1 unspecified atom stereocenters. The van der Waals surface area contributed by atoms with E-state index in [-0.39, 0.29) is 12.4 Å². The summed E-state index contributed by atoms with van der Waals surface area (Å²) in [6.45, 7) is 3.43. The summed E-state index contributed by atoms with van der Waals surface area (Å²) in [5, 5.41) is -0.826. The van der Waals surface area contributed by atoms with Crippen LogP contribution in [-0.4, -0.2) is 24.6 Å². The lowest BCUT2D eigenvalue weighted by atomic mass is 10.0. The summed E-state index contributed by atoms with van der Waals surface area (Å²) in [6, 6.07) is 5.22. The molecule has 0 fully saturated rings. The highest BCUT2D eigenvalue weighted by atomic mass is 35.5. The minimum atomic E-state index is -0.826. The SMILES string of the molecule is CCOC(=O)c1cccc(SC)c1C(Cl)C(C)=O. The van der Waals surface area contributed by atoms with E-state index in [9.17, 15) is 9.59 Å². The Kier molecular flexibility index (Phi) is 5.69. The van der Waals surface area contributed by atoms with Gasteiger partial charge in [-0.15, -0.1) is 23.4 Å². The van der Waals surface area contributed by atoms with Crippen LogP contribution in [0.4, 0.5) is 0 Å². The Balaban J connectivity index is 3.33. The number of Topliss-reactive ketones (excluding diaryl/α,β-unsaturated/α-hetero) is 1. The molecule has 0 aromatic heterocycles. The Bertz CT molecular complexity index is 460. The third kappa shape index (κ3) is 3.27. The second kappa shape index (κ2) is 6.81. The summed E-state index contributed by atoms with van der Waals surface area (Å²) in [5.74, 6) is -0.640. The first-order valence-electron chi connectivity index (χ1n) is 5.51. The Morgan fingerprint density at radius 2 is 2.11 bits per heavy atom. The number of benzene rings is 1. The Hall–Kier alpha value is -1.00. The Labute approximate surface area is 116 Å². The fourth-order valence-corrected chi connectivity index (χ4v) is 2.54. The molecule has 0 aliphatic carbocycles. The van der Waals surface area contributed by atoms with Gasteiger partial charge in [0.2, 0.25) is 0 Å². The molecule has 0 saturated carbocycles. The standard InChI is InChI=1S/C13H15ClO3S/c1-4-17-13(16)9-6-5-7-10(18-3)11(9)12(14)8(2)15/h5-7,12H,4H2,1-3H3. The zero-order chi connectivity index (χ0) is 13.7. The van der Waals surface area contributed by atoms with Crippen LogP contribution in [0.5, 0.6) is 0 Å². The van der Waals surface area contributed by atoms with Crippen LogP contribution in [0.3, 0.4) is 0 Å². The third-order valence-electron chi connectivity index (χ3n) is 2.39. The molecule has 3 nitrogen and oxygen atoms in total. The van der Waals surface area contributed by atoms with Crippen LogP contribution in [0.2, 0.25) is 0 Å². The third-order valence-corrected chi connectivity index (χ3v) is 3.71. The molecule has 1 atom stereocenters. The summed E-state index contributed by atoms with van der Waals surface area (Å²) in [4.78, 5) is 24.1. The minimum Gasteiger partial charge on any atom is -0.462 e. The fraction of sp³-hybridized carbons (Fsp3) is 0.385. The van der Waals surface area contributed by atoms with Gasteiger partial charge in [-0.25, -0.2) is 4.79 Å². The van der Waals surface area contributed by atoms with Crippen LogP contribution in [-0.2, 0) is 9.53 Å². The number of hydrogen-bond acceptors (Lipinski definition) is 4. The molecule has 1 rings (SSSR count). The molecule has 0 N–H and O–H groups in total. The maximum Gasteiger partial charge on any atom is 0.338 e. The average molecular weight is 287 g/mol. The molecular weight excluding hydrogens is 272 g/mol. The second-order valence-electron chi connectivity index (χ2n) is 3.62. The summed E-state index contributed by atoms with van der Waals surface area (Å²) in [5.41, 5.74) is 0.900. The zero-order valence-corrected chi connectivity index (χ0v) is 12.1. The van der Waals surface area contributed by atoms with E-state index in [1.807, 2.05) is 12.3 Å². The van der Waals surface area contributed by atoms with Gasteiger partial charge in [-0.3, -0.25) is 4.79 Å². The number of rotatable bonds is 5. The molecule has 1 aromatic carbocycles. The van der Waals surface area contributed by atoms with Gasteiger partial charge in [-0.05, 0) is 32.2 Å². The molecular formula is C13H15ClO3S. The van der Waals surface area contributed by atoms with E-state index in [1.54, 1.807) is 19.1 Å². The molecule has 5 heteroatoms. The average Bonchev–Trinajstić information content (AvgIpc) is 2.37. The van der Waals surface area contributed by atoms with Crippen LogP contribution in [0.25, 0.3) is 0 Å². The highest BCUT2D eigenvalue weighted by Gasteiger charge is 2.24. The van der Waals surface area contributed by atoms with Gasteiger partial charge in [0.1, 0.15) is 5.38 Å². The van der Waals surface area contributed by atoms with E-state index in [0.717, 1.165) is 4.90 Å². The molecule has 0 heterocycles. The zero-order valence-electron chi connectivity index (χ0n) is 10.5. The van der Waals surface area contributed by atoms with Crippen molar-refractivity contribution in [3.63, 3.8) is 0 Å². The van der Waals surface area contributed by atoms with Crippen molar-refractivity contribution in [3.8, 4) is 0 Å². The van der Waals surface area contributed by atoms with Crippen molar-refractivity contribution < 1.29 is 14.3 Å². The predicted octanol–water partition coefficient (Wildman–Crippen LogP) is 3.45. The van der Waals surface area contributed by atoms with Crippen LogP contribution in [0, 0.1) is 0 Å². The van der Waals surface area contributed by atoms with Gasteiger partial charge >= 0.3 is 5.97 Å². The molecule has 0 amide bonds. The summed E-state index contributed by atoms with van der Waals surface area (Å²) in [7, 11) is 0. The summed E-state index contributed by atoms with van der Waals surface area (Å²) in [6.07, 6.45) is 1.87. The predicted molar refractivity (Wildman–Crippen MR) is 73.5 cm³/mol. The number of thioether (sulfide) groups is 1. The maximum absolute atomic E-state index is 11.9. The largest absolute Gasteiger partial charge is 0.462 e. The van der Waals surface area contributed by atoms with Gasteiger partial charge in [0.05, 0.1) is 12.2 Å². The minimum absolute atomic E-state index is 0.191. The Morgan fingerprint density at radius 3 is 2.61 bits per heavy atom. The lowest BCUT2D eigenvalue weighted by Gasteiger charge is -2.15. The van der Waals surface area contributed by atoms with Crippen molar-refractivity contribution in [3.05, 3.63) is 29.3 Å². The number of ether oxygens (including phenoxy) is 1. The van der Waals surface area contributed by atoms with Gasteiger partial charge in [0.15, 0.2) is 5.78 Å². The monoisotopic (exact) mass is 286 g/mol. The lowest BCUT2D eigenvalue weighted by Crippen LogP contribution is -2.13. The molecule has 18 heavy (non-hydrogen) atoms. The molecule has 0 radical (unpaired) electrons. The first-order chi connectivity index (χ1) is 8.52. The number of halogens is 1. The smallest absolute Gasteiger partial charge is 0.338 e. The van der Waals surface area contributed by atoms with Crippen molar-refractivity contribution in [2.45, 2.75) is 24.1 Å². The lowest BCUT2D eigenvalue weighted by molar-refractivity contribution is -0.116. The van der Waals surface area contributed by atoms with Gasteiger partial charge in [0, 0.05) is 10.5 Å². The molecule has 98 valence electrons. The number of ketones is 1. The van der Waals surface area contributed by atoms with Gasteiger partial charge in [0.25, 0.3) is 0 Å². The van der Waals surface area contributed by atoms with Crippen molar-refractivity contribution in [2.24, 2.45) is 0 Å². The molecule has 0 bridgehead atoms. The van der Waals surface area contributed by atoms with Gasteiger partial charge in [-0.1, -0.05) is 6.07 Å². The first-order valence-corrected chi connectivity index (χ1v) is 7.17. The molecule has 1 aromatic rings. The van der Waals surface area contributed by atoms with E-state index in [2.05, 4.69) is 0 Å². The van der Waals surface area contributed by atoms with Gasteiger partial charge < -0.3 is 4.74 Å². The number of carbonyl (C=O) groups excluding carboxylic acids is 2. The topological polar surface area (TPSA) is 43.4 Å². The number of carbonyl (C=O) groups is 2. The number of esters is 1. The quantitative estimate of drug-likeness (QED) is 0.472. The first kappa shape index (κ1) is 15.1. The summed E-state index contributed by atoms with van der Waals surface area (Å²) < 4.78 is 4.98. The highest BCUT2D eigenvalue weighted by Crippen LogP contribution is 2.33. The van der Waals surface area contributed by atoms with E-state index in [4.69, 9.17) is 16.3 Å². The van der Waals surface area contributed by atoms with Crippen LogP contribution < -0.4 is 0 Å². The molecule has 0 aliphatic heterocycles. The van der Waals surface area contributed by atoms with E-state index >= 15 is 0 Å². The van der Waals surface area contributed by atoms with E-state index in [0.29, 0.717) is 11.1 Å². The second-order valence-corrected chi connectivity index (χ2v) is 4.90. The molecule has 0 spiro atoms. The number of hydrogen-bond donors (Lipinski definition) is 0. The van der Waals surface area contributed by atoms with Crippen LogP contribution in [0.15, 0.2) is 23.1 Å². The van der Waals surface area contributed by atoms with E-state index < -0.39 is 11.3 Å². The number of alkyl halides is 1. The summed E-state index contributed by atoms with van der Waals surface area (Å²) >= 11 is 7.55. The normalized spacial score (nSPS) is 12.0. The van der Waals surface area contributed by atoms with Crippen molar-refractivity contribution >= 4 is 35.1 Å². The highest BCUT2D eigenvalue weighted by molar-refractivity contribution is 7.98. The van der Waals surface area contributed by atoms with Crippen molar-refractivity contribution in [1.29, 1.82) is 0 Å². The van der Waals surface area contributed by atoms with Crippen molar-refractivity contribution in [1.82, 2.24) is 0 Å². The molecule has 0 aliphatic rings. The maximum atomic E-state index is 11.9. The van der Waals surface area contributed by atoms with Crippen LogP contribution in [0.1, 0.15) is 35.1 Å². The molecule has 0 saturated heterocycles. The Morgan fingerprint density at radius 1 is 1.44 bits per heavy atom. The van der Waals surface area contributed by atoms with Gasteiger partial charge in [-0.2, -0.15) is 0 Å².